The Morgan fingerprint density at radius 3 is 2.78 bits per heavy atom. The number of alkyl carbamates (subject to hydrolysis) is 1. The van der Waals surface area contributed by atoms with Gasteiger partial charge in [-0.1, -0.05) is 0 Å². The molecule has 0 aromatic carbocycles. The number of anilines is 1. The first kappa shape index (κ1) is 12.7. The minimum absolute atomic E-state index is 0.153. The van der Waals surface area contributed by atoms with Crippen LogP contribution in [0.25, 0.3) is 0 Å². The van der Waals surface area contributed by atoms with Crippen LogP contribution in [0.1, 0.15) is 20.8 Å². The lowest BCUT2D eigenvalue weighted by atomic mass is 10.1. The number of pyridine rings is 1. The number of nitrogens with zero attached hydrogens (tertiary/aromatic N) is 2. The summed E-state index contributed by atoms with van der Waals surface area (Å²) in [7, 11) is 0. The maximum atomic E-state index is 11.5. The molecule has 0 aliphatic carbocycles. The number of hydrogen-bond acceptors (Lipinski definition) is 4. The minimum Gasteiger partial charge on any atom is -0.444 e. The Morgan fingerprint density at radius 2 is 2.22 bits per heavy atom. The summed E-state index contributed by atoms with van der Waals surface area (Å²) in [6, 6.07) is 4.07. The molecule has 1 N–H and O–H groups in total. The van der Waals surface area contributed by atoms with E-state index >= 15 is 0 Å². The van der Waals surface area contributed by atoms with Crippen molar-refractivity contribution >= 4 is 11.8 Å². The Balaban J connectivity index is 1.75. The fourth-order valence-corrected chi connectivity index (χ4v) is 1.80. The van der Waals surface area contributed by atoms with Crippen molar-refractivity contribution in [2.45, 2.75) is 32.4 Å². The Labute approximate surface area is 107 Å². The van der Waals surface area contributed by atoms with E-state index in [0.29, 0.717) is 0 Å². The SMILES string of the molecule is CC(C)(C)OC(=O)NC1CN(c2cccnc2)C1. The number of aromatic nitrogens is 1. The number of carbonyl (C=O) groups is 1. The fourth-order valence-electron chi connectivity index (χ4n) is 1.80. The van der Waals surface area contributed by atoms with E-state index in [9.17, 15) is 4.79 Å². The Morgan fingerprint density at radius 1 is 1.50 bits per heavy atom. The molecule has 0 unspecified atom stereocenters. The third-order valence-electron chi connectivity index (χ3n) is 2.61. The van der Waals surface area contributed by atoms with Gasteiger partial charge in [0.15, 0.2) is 0 Å². The van der Waals surface area contributed by atoms with Gasteiger partial charge in [0.05, 0.1) is 17.9 Å². The van der Waals surface area contributed by atoms with Gasteiger partial charge in [0.2, 0.25) is 0 Å². The summed E-state index contributed by atoms with van der Waals surface area (Å²) < 4.78 is 5.20. The lowest BCUT2D eigenvalue weighted by Gasteiger charge is -2.41. The Bertz CT molecular complexity index is 408. The van der Waals surface area contributed by atoms with Crippen molar-refractivity contribution < 1.29 is 9.53 Å². The Kier molecular flexibility index (Phi) is 3.41. The van der Waals surface area contributed by atoms with Gasteiger partial charge in [-0.3, -0.25) is 4.98 Å². The number of nitrogens with one attached hydrogen (secondary N) is 1. The molecular weight excluding hydrogens is 230 g/mol. The second-order valence-corrected chi connectivity index (χ2v) is 5.46. The molecule has 0 radical (unpaired) electrons. The molecule has 0 bridgehead atoms. The number of carbonyl (C=O) groups excluding carboxylic acids is 1. The van der Waals surface area contributed by atoms with Gasteiger partial charge in [-0.05, 0) is 32.9 Å². The van der Waals surface area contributed by atoms with Gasteiger partial charge in [-0.2, -0.15) is 0 Å². The van der Waals surface area contributed by atoms with Crippen molar-refractivity contribution in [3.63, 3.8) is 0 Å². The van der Waals surface area contributed by atoms with Crippen LogP contribution in [0.2, 0.25) is 0 Å². The highest BCUT2D eigenvalue weighted by Gasteiger charge is 2.29. The fraction of sp³-hybridized carbons (Fsp3) is 0.538. The van der Waals surface area contributed by atoms with Gasteiger partial charge >= 0.3 is 6.09 Å². The van der Waals surface area contributed by atoms with E-state index in [2.05, 4.69) is 15.2 Å². The standard InChI is InChI=1S/C13H19N3O2/c1-13(2,3)18-12(17)15-10-8-16(9-10)11-5-4-6-14-7-11/h4-7,10H,8-9H2,1-3H3,(H,15,17). The van der Waals surface area contributed by atoms with Gasteiger partial charge in [-0.15, -0.1) is 0 Å². The molecule has 98 valence electrons. The molecule has 0 saturated carbocycles. The summed E-state index contributed by atoms with van der Waals surface area (Å²) in [6.07, 6.45) is 3.22. The molecule has 0 spiro atoms. The minimum atomic E-state index is -0.448. The number of hydrogen-bond donors (Lipinski definition) is 1. The molecule has 1 aromatic rings. The van der Waals surface area contributed by atoms with Crippen molar-refractivity contribution in [3.05, 3.63) is 24.5 Å². The molecule has 1 amide bonds. The van der Waals surface area contributed by atoms with Crippen molar-refractivity contribution in [1.29, 1.82) is 0 Å². The van der Waals surface area contributed by atoms with Crippen molar-refractivity contribution in [1.82, 2.24) is 10.3 Å². The number of rotatable bonds is 2. The van der Waals surface area contributed by atoms with Crippen molar-refractivity contribution in [3.8, 4) is 0 Å². The first-order valence-electron chi connectivity index (χ1n) is 6.08. The molecule has 1 aliphatic rings. The molecule has 18 heavy (non-hydrogen) atoms. The Hall–Kier alpha value is -1.78. The summed E-state index contributed by atoms with van der Waals surface area (Å²) in [5.41, 5.74) is 0.636. The highest BCUT2D eigenvalue weighted by molar-refractivity contribution is 5.69. The largest absolute Gasteiger partial charge is 0.444 e. The number of ether oxygens (including phenoxy) is 1. The maximum Gasteiger partial charge on any atom is 0.407 e. The molecule has 1 fully saturated rings. The van der Waals surface area contributed by atoms with Crippen LogP contribution < -0.4 is 10.2 Å². The van der Waals surface area contributed by atoms with Gasteiger partial charge in [0.1, 0.15) is 5.60 Å². The van der Waals surface area contributed by atoms with Gasteiger partial charge in [-0.25, -0.2) is 4.79 Å². The molecule has 2 heterocycles. The van der Waals surface area contributed by atoms with E-state index < -0.39 is 5.60 Å². The lowest BCUT2D eigenvalue weighted by molar-refractivity contribution is 0.0496. The predicted molar refractivity (Wildman–Crippen MR) is 69.6 cm³/mol. The van der Waals surface area contributed by atoms with Gasteiger partial charge in [0.25, 0.3) is 0 Å². The third kappa shape index (κ3) is 3.35. The molecule has 2 rings (SSSR count). The van der Waals surface area contributed by atoms with Crippen molar-refractivity contribution in [2.24, 2.45) is 0 Å². The van der Waals surface area contributed by atoms with Crippen LogP contribution in [0.3, 0.4) is 0 Å². The molecular formula is C13H19N3O2. The highest BCUT2D eigenvalue weighted by Crippen LogP contribution is 2.19. The van der Waals surface area contributed by atoms with E-state index in [4.69, 9.17) is 4.74 Å². The normalized spacial score (nSPS) is 16.1. The zero-order valence-corrected chi connectivity index (χ0v) is 11.0. The van der Waals surface area contributed by atoms with E-state index in [0.717, 1.165) is 18.8 Å². The summed E-state index contributed by atoms with van der Waals surface area (Å²) in [6.45, 7) is 7.16. The zero-order chi connectivity index (χ0) is 13.2. The monoisotopic (exact) mass is 249 g/mol. The van der Waals surface area contributed by atoms with Crippen LogP contribution in [-0.4, -0.2) is 35.8 Å². The third-order valence-corrected chi connectivity index (χ3v) is 2.61. The van der Waals surface area contributed by atoms with Crippen LogP contribution >= 0.6 is 0 Å². The molecule has 1 saturated heterocycles. The quantitative estimate of drug-likeness (QED) is 0.868. The highest BCUT2D eigenvalue weighted by atomic mass is 16.6. The zero-order valence-electron chi connectivity index (χ0n) is 11.0. The van der Waals surface area contributed by atoms with Crippen LogP contribution in [-0.2, 0) is 4.74 Å². The first-order chi connectivity index (χ1) is 8.44. The summed E-state index contributed by atoms with van der Waals surface area (Å²) in [5, 5.41) is 2.85. The van der Waals surface area contributed by atoms with E-state index in [1.165, 1.54) is 0 Å². The summed E-state index contributed by atoms with van der Waals surface area (Å²) >= 11 is 0. The number of amides is 1. The molecule has 1 aliphatic heterocycles. The predicted octanol–water partition coefficient (Wildman–Crippen LogP) is 1.79. The second kappa shape index (κ2) is 4.84. The average molecular weight is 249 g/mol. The summed E-state index contributed by atoms with van der Waals surface area (Å²) in [5.74, 6) is 0. The lowest BCUT2D eigenvalue weighted by Crippen LogP contribution is -2.60. The first-order valence-corrected chi connectivity index (χ1v) is 6.08. The molecule has 5 heteroatoms. The van der Waals surface area contributed by atoms with Gasteiger partial charge in [0, 0.05) is 19.3 Å². The van der Waals surface area contributed by atoms with E-state index in [1.807, 2.05) is 39.1 Å². The molecule has 1 aromatic heterocycles. The topological polar surface area (TPSA) is 54.5 Å². The maximum absolute atomic E-state index is 11.5. The smallest absolute Gasteiger partial charge is 0.407 e. The van der Waals surface area contributed by atoms with Crippen LogP contribution in [0.15, 0.2) is 24.5 Å². The van der Waals surface area contributed by atoms with Crippen molar-refractivity contribution in [2.75, 3.05) is 18.0 Å². The van der Waals surface area contributed by atoms with E-state index in [1.54, 1.807) is 6.20 Å². The molecule has 5 nitrogen and oxygen atoms in total. The van der Waals surface area contributed by atoms with Crippen LogP contribution in [0, 0.1) is 0 Å². The molecule has 0 atom stereocenters. The van der Waals surface area contributed by atoms with Gasteiger partial charge < -0.3 is 15.0 Å². The second-order valence-electron chi connectivity index (χ2n) is 5.46. The average Bonchev–Trinajstić information content (AvgIpc) is 2.21. The summed E-state index contributed by atoms with van der Waals surface area (Å²) in [4.78, 5) is 17.8. The van der Waals surface area contributed by atoms with Crippen LogP contribution in [0.4, 0.5) is 10.5 Å². The van der Waals surface area contributed by atoms with Crippen LogP contribution in [0.5, 0.6) is 0 Å². The van der Waals surface area contributed by atoms with E-state index in [-0.39, 0.29) is 12.1 Å².